The van der Waals surface area contributed by atoms with Crippen molar-refractivity contribution in [3.8, 4) is 11.3 Å². The summed E-state index contributed by atoms with van der Waals surface area (Å²) in [4.78, 5) is 19.3. The molecule has 0 aliphatic heterocycles. The molecular formula is C9H6N2OS. The standard InChI is InChI=1S/C9H6N2OS/c12-5-8-9(11-6-13-8)7-1-3-10-4-2-7/h1-6H. The molecule has 0 atom stereocenters. The minimum atomic E-state index is 0.659. The second-order valence-electron chi connectivity index (χ2n) is 2.42. The van der Waals surface area contributed by atoms with Gasteiger partial charge >= 0.3 is 0 Å². The normalized spacial score (nSPS) is 9.85. The summed E-state index contributed by atoms with van der Waals surface area (Å²) < 4.78 is 0. The minimum Gasteiger partial charge on any atom is -0.297 e. The quantitative estimate of drug-likeness (QED) is 0.680. The minimum absolute atomic E-state index is 0.659. The fourth-order valence-electron chi connectivity index (χ4n) is 1.07. The van der Waals surface area contributed by atoms with Crippen LogP contribution in [0.3, 0.4) is 0 Å². The monoisotopic (exact) mass is 190 g/mol. The topological polar surface area (TPSA) is 42.9 Å². The van der Waals surface area contributed by atoms with Crippen molar-refractivity contribution < 1.29 is 4.79 Å². The maximum Gasteiger partial charge on any atom is 0.162 e. The Labute approximate surface area is 79.1 Å². The number of nitrogens with zero attached hydrogens (tertiary/aromatic N) is 2. The largest absolute Gasteiger partial charge is 0.297 e. The van der Waals surface area contributed by atoms with E-state index < -0.39 is 0 Å². The molecule has 2 heterocycles. The lowest BCUT2D eigenvalue weighted by Gasteiger charge is -1.95. The molecule has 0 radical (unpaired) electrons. The van der Waals surface area contributed by atoms with Gasteiger partial charge in [0.05, 0.1) is 16.1 Å². The van der Waals surface area contributed by atoms with Crippen molar-refractivity contribution in [1.29, 1.82) is 0 Å². The Morgan fingerprint density at radius 3 is 2.77 bits per heavy atom. The molecule has 0 aliphatic rings. The summed E-state index contributed by atoms with van der Waals surface area (Å²) in [5.74, 6) is 0. The lowest BCUT2D eigenvalue weighted by atomic mass is 10.2. The van der Waals surface area contributed by atoms with Gasteiger partial charge in [0.2, 0.25) is 0 Å². The SMILES string of the molecule is O=Cc1scnc1-c1ccncc1. The van der Waals surface area contributed by atoms with E-state index in [4.69, 9.17) is 0 Å². The molecule has 2 aromatic heterocycles. The first-order chi connectivity index (χ1) is 6.42. The van der Waals surface area contributed by atoms with E-state index in [9.17, 15) is 4.79 Å². The Bertz CT molecular complexity index is 411. The molecule has 13 heavy (non-hydrogen) atoms. The Morgan fingerprint density at radius 2 is 2.08 bits per heavy atom. The van der Waals surface area contributed by atoms with E-state index in [1.807, 2.05) is 12.1 Å². The summed E-state index contributed by atoms with van der Waals surface area (Å²) in [5, 5.41) is 0. The number of aromatic nitrogens is 2. The van der Waals surface area contributed by atoms with Crippen molar-refractivity contribution in [3.63, 3.8) is 0 Å². The van der Waals surface area contributed by atoms with Crippen molar-refractivity contribution in [2.75, 3.05) is 0 Å². The zero-order valence-electron chi connectivity index (χ0n) is 6.68. The number of hydrogen-bond donors (Lipinski definition) is 0. The van der Waals surface area contributed by atoms with Crippen LogP contribution in [0.15, 0.2) is 30.0 Å². The van der Waals surface area contributed by atoms with Gasteiger partial charge in [-0.3, -0.25) is 9.78 Å². The molecule has 4 heteroatoms. The number of pyridine rings is 1. The van der Waals surface area contributed by atoms with E-state index in [1.54, 1.807) is 17.9 Å². The van der Waals surface area contributed by atoms with Crippen LogP contribution in [0, 0.1) is 0 Å². The zero-order valence-corrected chi connectivity index (χ0v) is 7.49. The van der Waals surface area contributed by atoms with Gasteiger partial charge < -0.3 is 0 Å². The highest BCUT2D eigenvalue weighted by atomic mass is 32.1. The molecule has 0 N–H and O–H groups in total. The summed E-state index contributed by atoms with van der Waals surface area (Å²) >= 11 is 1.34. The van der Waals surface area contributed by atoms with Crippen LogP contribution in [0.25, 0.3) is 11.3 Å². The van der Waals surface area contributed by atoms with Crippen molar-refractivity contribution in [2.45, 2.75) is 0 Å². The van der Waals surface area contributed by atoms with Crippen LogP contribution < -0.4 is 0 Å². The zero-order chi connectivity index (χ0) is 9.10. The fourth-order valence-corrected chi connectivity index (χ4v) is 1.67. The summed E-state index contributed by atoms with van der Waals surface area (Å²) in [5.41, 5.74) is 3.33. The molecule has 0 saturated carbocycles. The average Bonchev–Trinajstić information content (AvgIpc) is 2.67. The molecule has 64 valence electrons. The second-order valence-corrected chi connectivity index (χ2v) is 3.31. The lowest BCUT2D eigenvalue weighted by molar-refractivity contribution is 0.112. The number of aldehydes is 1. The van der Waals surface area contributed by atoms with Gasteiger partial charge in [0.1, 0.15) is 0 Å². The van der Waals surface area contributed by atoms with E-state index in [-0.39, 0.29) is 0 Å². The first-order valence-electron chi connectivity index (χ1n) is 3.71. The highest BCUT2D eigenvalue weighted by molar-refractivity contribution is 7.11. The molecule has 2 rings (SSSR count). The predicted molar refractivity (Wildman–Crippen MR) is 50.7 cm³/mol. The Morgan fingerprint density at radius 1 is 1.31 bits per heavy atom. The fraction of sp³-hybridized carbons (Fsp3) is 0. The summed E-state index contributed by atoms with van der Waals surface area (Å²) in [6, 6.07) is 3.67. The molecular weight excluding hydrogens is 184 g/mol. The smallest absolute Gasteiger partial charge is 0.162 e. The maximum atomic E-state index is 10.6. The first kappa shape index (κ1) is 8.07. The molecule has 0 bridgehead atoms. The third-order valence-corrected chi connectivity index (χ3v) is 2.41. The highest BCUT2D eigenvalue weighted by Gasteiger charge is 2.06. The third-order valence-electron chi connectivity index (χ3n) is 1.66. The number of carbonyl (C=O) groups excluding carboxylic acids is 1. The van der Waals surface area contributed by atoms with Gasteiger partial charge in [-0.15, -0.1) is 11.3 Å². The average molecular weight is 190 g/mol. The van der Waals surface area contributed by atoms with Crippen molar-refractivity contribution >= 4 is 17.6 Å². The van der Waals surface area contributed by atoms with Gasteiger partial charge in [-0.1, -0.05) is 0 Å². The van der Waals surface area contributed by atoms with Crippen LogP contribution in [0.2, 0.25) is 0 Å². The third kappa shape index (κ3) is 1.48. The molecule has 2 aromatic rings. The number of hydrogen-bond acceptors (Lipinski definition) is 4. The van der Waals surface area contributed by atoms with E-state index in [2.05, 4.69) is 9.97 Å². The lowest BCUT2D eigenvalue weighted by Crippen LogP contribution is -1.82. The molecule has 0 amide bonds. The number of carbonyl (C=O) groups is 1. The van der Waals surface area contributed by atoms with Crippen LogP contribution >= 0.6 is 11.3 Å². The number of thiazole rings is 1. The Balaban J connectivity index is 2.52. The molecule has 0 aliphatic carbocycles. The van der Waals surface area contributed by atoms with Gasteiger partial charge in [0, 0.05) is 18.0 Å². The number of rotatable bonds is 2. The summed E-state index contributed by atoms with van der Waals surface area (Å²) in [6.07, 6.45) is 4.19. The van der Waals surface area contributed by atoms with E-state index >= 15 is 0 Å². The van der Waals surface area contributed by atoms with Crippen LogP contribution in [0.5, 0.6) is 0 Å². The summed E-state index contributed by atoms with van der Waals surface area (Å²) in [7, 11) is 0. The van der Waals surface area contributed by atoms with Crippen LogP contribution in [0.1, 0.15) is 9.67 Å². The molecule has 0 saturated heterocycles. The predicted octanol–water partition coefficient (Wildman–Crippen LogP) is 2.02. The molecule has 0 aromatic carbocycles. The van der Waals surface area contributed by atoms with Crippen molar-refractivity contribution in [2.24, 2.45) is 0 Å². The first-order valence-corrected chi connectivity index (χ1v) is 4.59. The van der Waals surface area contributed by atoms with Crippen molar-refractivity contribution in [3.05, 3.63) is 34.9 Å². The molecule has 0 fully saturated rings. The van der Waals surface area contributed by atoms with Crippen molar-refractivity contribution in [1.82, 2.24) is 9.97 Å². The molecule has 0 unspecified atom stereocenters. The van der Waals surface area contributed by atoms with Crippen LogP contribution in [-0.2, 0) is 0 Å². The molecule has 0 spiro atoms. The van der Waals surface area contributed by atoms with Gasteiger partial charge in [-0.25, -0.2) is 4.98 Å². The second kappa shape index (κ2) is 3.45. The highest BCUT2D eigenvalue weighted by Crippen LogP contribution is 2.22. The van der Waals surface area contributed by atoms with E-state index in [0.29, 0.717) is 4.88 Å². The molecule has 3 nitrogen and oxygen atoms in total. The maximum absolute atomic E-state index is 10.6. The van der Waals surface area contributed by atoms with E-state index in [0.717, 1.165) is 17.5 Å². The van der Waals surface area contributed by atoms with Gasteiger partial charge in [-0.2, -0.15) is 0 Å². The van der Waals surface area contributed by atoms with E-state index in [1.165, 1.54) is 11.3 Å². The van der Waals surface area contributed by atoms with Gasteiger partial charge in [0.25, 0.3) is 0 Å². The van der Waals surface area contributed by atoms with Gasteiger partial charge in [0.15, 0.2) is 6.29 Å². The summed E-state index contributed by atoms with van der Waals surface area (Å²) in [6.45, 7) is 0. The van der Waals surface area contributed by atoms with Crippen LogP contribution in [0.4, 0.5) is 0 Å². The van der Waals surface area contributed by atoms with Gasteiger partial charge in [-0.05, 0) is 12.1 Å². The van der Waals surface area contributed by atoms with Crippen LogP contribution in [-0.4, -0.2) is 16.3 Å². The Hall–Kier alpha value is -1.55. The Kier molecular flexibility index (Phi) is 2.14.